The topological polar surface area (TPSA) is 66.1 Å². The Morgan fingerprint density at radius 2 is 1.91 bits per heavy atom. The second-order valence-corrected chi connectivity index (χ2v) is 10.4. The molecule has 2 atom stereocenters. The number of thiophene rings is 1. The molecule has 1 aliphatic heterocycles. The van der Waals surface area contributed by atoms with Crippen LogP contribution in [-0.2, 0) is 10.5 Å². The summed E-state index contributed by atoms with van der Waals surface area (Å²) in [6.45, 7) is 2.74. The quantitative estimate of drug-likeness (QED) is 0.392. The maximum absolute atomic E-state index is 13.2. The molecular weight excluding hydrogens is 450 g/mol. The molecule has 0 saturated carbocycles. The summed E-state index contributed by atoms with van der Waals surface area (Å²) in [7, 11) is 0. The molecule has 1 fully saturated rings. The van der Waals surface area contributed by atoms with Crippen LogP contribution in [0.4, 0.5) is 0 Å². The molecule has 0 spiro atoms. The first-order valence-electron chi connectivity index (χ1n) is 11.1. The van der Waals surface area contributed by atoms with E-state index in [1.54, 1.807) is 0 Å². The third kappa shape index (κ3) is 4.48. The third-order valence-electron chi connectivity index (χ3n) is 6.12. The summed E-state index contributed by atoms with van der Waals surface area (Å²) < 4.78 is 0. The Balaban J connectivity index is 1.29. The largest absolute Gasteiger partial charge is 0.335 e. The van der Waals surface area contributed by atoms with Crippen LogP contribution in [0.2, 0.25) is 0 Å². The summed E-state index contributed by atoms with van der Waals surface area (Å²) in [5.74, 6) is 1.25. The Kier molecular flexibility index (Phi) is 6.33. The van der Waals surface area contributed by atoms with Gasteiger partial charge in [-0.15, -0.1) is 23.1 Å². The van der Waals surface area contributed by atoms with E-state index in [1.165, 1.54) is 28.7 Å². The van der Waals surface area contributed by atoms with E-state index in [0.29, 0.717) is 17.0 Å². The van der Waals surface area contributed by atoms with Crippen molar-refractivity contribution >= 4 is 39.2 Å². The summed E-state index contributed by atoms with van der Waals surface area (Å²) in [5, 5.41) is 2.41. The van der Waals surface area contributed by atoms with Gasteiger partial charge in [-0.2, -0.15) is 0 Å². The number of nitrogens with one attached hydrogen (secondary N) is 1. The van der Waals surface area contributed by atoms with E-state index in [1.807, 2.05) is 65.7 Å². The van der Waals surface area contributed by atoms with Crippen molar-refractivity contribution in [3.63, 3.8) is 0 Å². The van der Waals surface area contributed by atoms with E-state index >= 15 is 0 Å². The number of amides is 1. The predicted octanol–water partition coefficient (Wildman–Crippen LogP) is 5.64. The van der Waals surface area contributed by atoms with Crippen molar-refractivity contribution in [1.29, 1.82) is 0 Å². The standard InChI is InChI=1S/C26H25N3O2S2/c1-17(26(31)29-14-8-13-21(29)19-11-6-3-7-12-19)32-16-22-27-24(30)23-20(15-33-25(23)28-22)18-9-4-2-5-10-18/h2-7,9-12,15,17,21H,8,13-14,16H2,1H3,(H,27,28,30). The summed E-state index contributed by atoms with van der Waals surface area (Å²) in [6, 6.07) is 20.3. The van der Waals surface area contributed by atoms with Crippen LogP contribution in [-0.4, -0.2) is 32.6 Å². The van der Waals surface area contributed by atoms with Gasteiger partial charge in [-0.3, -0.25) is 9.59 Å². The Bertz CT molecular complexity index is 1320. The highest BCUT2D eigenvalue weighted by atomic mass is 32.2. The van der Waals surface area contributed by atoms with Gasteiger partial charge in [0.05, 0.1) is 22.4 Å². The summed E-state index contributed by atoms with van der Waals surface area (Å²) in [6.07, 6.45) is 2.02. The molecule has 0 aliphatic carbocycles. The van der Waals surface area contributed by atoms with Gasteiger partial charge in [0.2, 0.25) is 5.91 Å². The summed E-state index contributed by atoms with van der Waals surface area (Å²) >= 11 is 3.00. The summed E-state index contributed by atoms with van der Waals surface area (Å²) in [5.41, 5.74) is 2.99. The minimum Gasteiger partial charge on any atom is -0.335 e. The Labute approximate surface area is 200 Å². The Morgan fingerprint density at radius 3 is 2.67 bits per heavy atom. The zero-order valence-corrected chi connectivity index (χ0v) is 20.0. The lowest BCUT2D eigenvalue weighted by molar-refractivity contribution is -0.131. The molecule has 168 valence electrons. The minimum atomic E-state index is -0.210. The van der Waals surface area contributed by atoms with Crippen LogP contribution < -0.4 is 5.56 Å². The number of likely N-dealkylation sites (tertiary alicyclic amines) is 1. The number of carbonyl (C=O) groups is 1. The van der Waals surface area contributed by atoms with E-state index in [-0.39, 0.29) is 22.8 Å². The summed E-state index contributed by atoms with van der Waals surface area (Å²) in [4.78, 5) is 36.4. The lowest BCUT2D eigenvalue weighted by atomic mass is 10.0. The lowest BCUT2D eigenvalue weighted by Gasteiger charge is -2.27. The molecule has 5 nitrogen and oxygen atoms in total. The number of hydrogen-bond acceptors (Lipinski definition) is 5. The number of rotatable bonds is 6. The molecule has 33 heavy (non-hydrogen) atoms. The first kappa shape index (κ1) is 21.9. The average Bonchev–Trinajstić information content (AvgIpc) is 3.51. The van der Waals surface area contributed by atoms with Crippen LogP contribution in [0.3, 0.4) is 0 Å². The van der Waals surface area contributed by atoms with Gasteiger partial charge in [-0.1, -0.05) is 60.7 Å². The van der Waals surface area contributed by atoms with Gasteiger partial charge in [0, 0.05) is 17.5 Å². The van der Waals surface area contributed by atoms with E-state index in [0.717, 1.165) is 35.3 Å². The van der Waals surface area contributed by atoms with Gasteiger partial charge in [0.15, 0.2) is 0 Å². The van der Waals surface area contributed by atoms with Crippen molar-refractivity contribution in [2.24, 2.45) is 0 Å². The number of hydrogen-bond donors (Lipinski definition) is 1. The maximum atomic E-state index is 13.2. The SMILES string of the molecule is CC(SCc1nc2scc(-c3ccccc3)c2c(=O)[nH]1)C(=O)N1CCCC1c1ccccc1. The molecule has 2 aromatic heterocycles. The molecule has 3 heterocycles. The molecule has 0 bridgehead atoms. The zero-order valence-electron chi connectivity index (χ0n) is 18.4. The number of carbonyl (C=O) groups excluding carboxylic acids is 1. The molecule has 7 heteroatoms. The van der Waals surface area contributed by atoms with Gasteiger partial charge in [0.1, 0.15) is 10.7 Å². The van der Waals surface area contributed by atoms with Crippen LogP contribution in [0.25, 0.3) is 21.3 Å². The fraction of sp³-hybridized carbons (Fsp3) is 0.269. The second kappa shape index (κ2) is 9.53. The molecule has 2 unspecified atom stereocenters. The Hall–Kier alpha value is -2.90. The minimum absolute atomic E-state index is 0.127. The average molecular weight is 476 g/mol. The number of fused-ring (bicyclic) bond motifs is 1. The van der Waals surface area contributed by atoms with Crippen molar-refractivity contribution in [1.82, 2.24) is 14.9 Å². The van der Waals surface area contributed by atoms with E-state index in [4.69, 9.17) is 4.98 Å². The number of aromatic amines is 1. The van der Waals surface area contributed by atoms with Crippen LogP contribution in [0.15, 0.2) is 70.8 Å². The number of H-pyrrole nitrogens is 1. The molecule has 0 radical (unpaired) electrons. The first-order valence-corrected chi connectivity index (χ1v) is 13.1. The number of nitrogens with zero attached hydrogens (tertiary/aromatic N) is 2. The lowest BCUT2D eigenvalue weighted by Crippen LogP contribution is -2.36. The highest BCUT2D eigenvalue weighted by molar-refractivity contribution is 7.99. The van der Waals surface area contributed by atoms with Crippen molar-refractivity contribution in [2.75, 3.05) is 6.54 Å². The molecule has 1 N–H and O–H groups in total. The molecule has 1 amide bonds. The van der Waals surface area contributed by atoms with Gasteiger partial charge < -0.3 is 9.88 Å². The fourth-order valence-electron chi connectivity index (χ4n) is 4.45. The van der Waals surface area contributed by atoms with E-state index < -0.39 is 0 Å². The van der Waals surface area contributed by atoms with Gasteiger partial charge in [-0.25, -0.2) is 4.98 Å². The third-order valence-corrected chi connectivity index (χ3v) is 8.13. The van der Waals surface area contributed by atoms with Crippen LogP contribution >= 0.6 is 23.1 Å². The van der Waals surface area contributed by atoms with E-state index in [2.05, 4.69) is 17.1 Å². The number of aromatic nitrogens is 2. The zero-order chi connectivity index (χ0) is 22.8. The van der Waals surface area contributed by atoms with E-state index in [9.17, 15) is 9.59 Å². The van der Waals surface area contributed by atoms with Crippen molar-refractivity contribution in [3.8, 4) is 11.1 Å². The van der Waals surface area contributed by atoms with Crippen LogP contribution in [0.1, 0.15) is 37.2 Å². The van der Waals surface area contributed by atoms with Gasteiger partial charge >= 0.3 is 0 Å². The first-order chi connectivity index (χ1) is 16.1. The van der Waals surface area contributed by atoms with Gasteiger partial charge in [-0.05, 0) is 30.9 Å². The predicted molar refractivity (Wildman–Crippen MR) is 137 cm³/mol. The van der Waals surface area contributed by atoms with Crippen LogP contribution in [0, 0.1) is 0 Å². The number of benzene rings is 2. The maximum Gasteiger partial charge on any atom is 0.260 e. The monoisotopic (exact) mass is 475 g/mol. The normalized spacial score (nSPS) is 16.9. The molecule has 4 aromatic rings. The molecule has 5 rings (SSSR count). The molecule has 1 aliphatic rings. The highest BCUT2D eigenvalue weighted by Gasteiger charge is 2.32. The van der Waals surface area contributed by atoms with Crippen LogP contribution in [0.5, 0.6) is 0 Å². The van der Waals surface area contributed by atoms with Crippen molar-refractivity contribution < 1.29 is 4.79 Å². The fourth-order valence-corrected chi connectivity index (χ4v) is 6.24. The second-order valence-electron chi connectivity index (χ2n) is 8.26. The Morgan fingerprint density at radius 1 is 1.18 bits per heavy atom. The highest BCUT2D eigenvalue weighted by Crippen LogP contribution is 2.34. The molecule has 2 aromatic carbocycles. The molecular formula is C26H25N3O2S2. The smallest absolute Gasteiger partial charge is 0.260 e. The number of thioether (sulfide) groups is 1. The van der Waals surface area contributed by atoms with Crippen molar-refractivity contribution in [3.05, 3.63) is 87.8 Å². The van der Waals surface area contributed by atoms with Gasteiger partial charge in [0.25, 0.3) is 5.56 Å². The van der Waals surface area contributed by atoms with Crippen molar-refractivity contribution in [2.45, 2.75) is 36.8 Å². The molecule has 1 saturated heterocycles.